The fourth-order valence-corrected chi connectivity index (χ4v) is 4.04. The number of carbonyl (C=O) groups excluding carboxylic acids is 2. The van der Waals surface area contributed by atoms with Crippen LogP contribution in [-0.2, 0) is 16.1 Å². The number of hydroxylamine groups is 1. The molecule has 2 fully saturated rings. The third-order valence-corrected chi connectivity index (χ3v) is 6.22. The van der Waals surface area contributed by atoms with Crippen LogP contribution in [0.2, 0.25) is 0 Å². The van der Waals surface area contributed by atoms with Crippen LogP contribution in [-0.4, -0.2) is 58.2 Å². The topological polar surface area (TPSA) is 117 Å². The minimum Gasteiger partial charge on any atom is -0.379 e. The Bertz CT molecular complexity index is 1200. The van der Waals surface area contributed by atoms with Gasteiger partial charge in [-0.05, 0) is 35.6 Å². The monoisotopic (exact) mass is 473 g/mol. The third-order valence-electron chi connectivity index (χ3n) is 6.22. The Balaban J connectivity index is 1.33. The number of rotatable bonds is 7. The lowest BCUT2D eigenvalue weighted by molar-refractivity contribution is -0.117. The standard InChI is InChI=1S/C26H27N5O4/c32-24(21-9-10-21)29-26-27-22(15-23(28-26)25(33)30-34)20-7-5-19(6-8-20)18-3-1-17(2-4-18)16-31-11-13-35-14-12-31/h1-8,15,21,34H,9-14,16H2,(H,30,33)(H,27,28,29,32). The molecule has 2 aliphatic rings. The first-order chi connectivity index (χ1) is 17.1. The molecule has 35 heavy (non-hydrogen) atoms. The Labute approximate surface area is 203 Å². The Kier molecular flexibility index (Phi) is 6.80. The second-order valence-electron chi connectivity index (χ2n) is 8.83. The predicted octanol–water partition coefficient (Wildman–Crippen LogP) is 3.11. The number of anilines is 1. The van der Waals surface area contributed by atoms with Crippen molar-refractivity contribution in [3.05, 3.63) is 65.9 Å². The maximum Gasteiger partial charge on any atom is 0.293 e. The number of ether oxygens (including phenoxy) is 1. The van der Waals surface area contributed by atoms with Crippen molar-refractivity contribution in [3.8, 4) is 22.4 Å². The molecule has 9 heteroatoms. The van der Waals surface area contributed by atoms with Crippen molar-refractivity contribution >= 4 is 17.8 Å². The summed E-state index contributed by atoms with van der Waals surface area (Å²) >= 11 is 0. The Morgan fingerprint density at radius 2 is 1.57 bits per heavy atom. The van der Waals surface area contributed by atoms with E-state index in [4.69, 9.17) is 9.94 Å². The molecule has 0 radical (unpaired) electrons. The molecular weight excluding hydrogens is 446 g/mol. The Morgan fingerprint density at radius 1 is 0.943 bits per heavy atom. The highest BCUT2D eigenvalue weighted by Gasteiger charge is 2.30. The van der Waals surface area contributed by atoms with E-state index >= 15 is 0 Å². The summed E-state index contributed by atoms with van der Waals surface area (Å²) in [5.41, 5.74) is 6.19. The largest absolute Gasteiger partial charge is 0.379 e. The molecule has 1 saturated carbocycles. The Morgan fingerprint density at radius 3 is 2.20 bits per heavy atom. The molecule has 1 aliphatic heterocycles. The van der Waals surface area contributed by atoms with Gasteiger partial charge in [-0.3, -0.25) is 25.0 Å². The molecule has 0 atom stereocenters. The van der Waals surface area contributed by atoms with Gasteiger partial charge in [-0.1, -0.05) is 48.5 Å². The second kappa shape index (κ2) is 10.3. The van der Waals surface area contributed by atoms with Crippen molar-refractivity contribution in [2.75, 3.05) is 31.6 Å². The molecule has 180 valence electrons. The first-order valence-corrected chi connectivity index (χ1v) is 11.7. The van der Waals surface area contributed by atoms with Crippen LogP contribution in [0.3, 0.4) is 0 Å². The summed E-state index contributed by atoms with van der Waals surface area (Å²) in [6.45, 7) is 4.41. The van der Waals surface area contributed by atoms with Gasteiger partial charge in [0.25, 0.3) is 5.91 Å². The summed E-state index contributed by atoms with van der Waals surface area (Å²) in [5, 5.41) is 11.7. The van der Waals surface area contributed by atoms with Crippen LogP contribution >= 0.6 is 0 Å². The highest BCUT2D eigenvalue weighted by atomic mass is 16.5. The van der Waals surface area contributed by atoms with Crippen LogP contribution in [0.5, 0.6) is 0 Å². The van der Waals surface area contributed by atoms with Gasteiger partial charge in [-0.2, -0.15) is 0 Å². The molecule has 2 amide bonds. The molecule has 1 aromatic heterocycles. The third kappa shape index (κ3) is 5.71. The van der Waals surface area contributed by atoms with Gasteiger partial charge in [0.1, 0.15) is 5.69 Å². The maximum atomic E-state index is 12.2. The highest BCUT2D eigenvalue weighted by Crippen LogP contribution is 2.30. The fourth-order valence-electron chi connectivity index (χ4n) is 4.04. The molecule has 0 bridgehead atoms. The van der Waals surface area contributed by atoms with E-state index in [0.717, 1.165) is 62.4 Å². The molecule has 3 N–H and O–H groups in total. The van der Waals surface area contributed by atoms with Crippen molar-refractivity contribution in [1.29, 1.82) is 0 Å². The van der Waals surface area contributed by atoms with E-state index < -0.39 is 5.91 Å². The summed E-state index contributed by atoms with van der Waals surface area (Å²) in [6, 6.07) is 17.8. The molecule has 1 saturated heterocycles. The van der Waals surface area contributed by atoms with E-state index in [-0.39, 0.29) is 23.5 Å². The van der Waals surface area contributed by atoms with E-state index in [2.05, 4.69) is 44.5 Å². The zero-order valence-electron chi connectivity index (χ0n) is 19.2. The fraction of sp³-hybridized carbons (Fsp3) is 0.308. The molecule has 0 spiro atoms. The molecule has 2 aromatic carbocycles. The highest BCUT2D eigenvalue weighted by molar-refractivity contribution is 5.95. The van der Waals surface area contributed by atoms with Gasteiger partial charge < -0.3 is 4.74 Å². The number of hydrogen-bond donors (Lipinski definition) is 3. The number of nitrogens with zero attached hydrogens (tertiary/aromatic N) is 3. The van der Waals surface area contributed by atoms with E-state index in [9.17, 15) is 9.59 Å². The summed E-state index contributed by atoms with van der Waals surface area (Å²) in [7, 11) is 0. The van der Waals surface area contributed by atoms with Crippen molar-refractivity contribution in [3.63, 3.8) is 0 Å². The molecule has 2 heterocycles. The number of hydrogen-bond acceptors (Lipinski definition) is 7. The van der Waals surface area contributed by atoms with Gasteiger partial charge in [0, 0.05) is 31.1 Å². The molecule has 1 aliphatic carbocycles. The smallest absolute Gasteiger partial charge is 0.293 e. The van der Waals surface area contributed by atoms with E-state index in [1.807, 2.05) is 24.3 Å². The average molecular weight is 474 g/mol. The van der Waals surface area contributed by atoms with Crippen LogP contribution in [0.4, 0.5) is 5.95 Å². The maximum absolute atomic E-state index is 12.2. The molecule has 3 aromatic rings. The van der Waals surface area contributed by atoms with Gasteiger partial charge in [0.15, 0.2) is 0 Å². The van der Waals surface area contributed by atoms with Crippen LogP contribution in [0.25, 0.3) is 22.4 Å². The summed E-state index contributed by atoms with van der Waals surface area (Å²) in [5.74, 6) is -0.927. The second-order valence-corrected chi connectivity index (χ2v) is 8.83. The lowest BCUT2D eigenvalue weighted by Gasteiger charge is -2.26. The van der Waals surface area contributed by atoms with Gasteiger partial charge in [0.2, 0.25) is 11.9 Å². The molecule has 5 rings (SSSR count). The summed E-state index contributed by atoms with van der Waals surface area (Å²) < 4.78 is 5.42. The molecule has 0 unspecified atom stereocenters. The van der Waals surface area contributed by atoms with Gasteiger partial charge >= 0.3 is 0 Å². The quantitative estimate of drug-likeness (QED) is 0.357. The normalized spacial score (nSPS) is 16.0. The zero-order valence-corrected chi connectivity index (χ0v) is 19.2. The van der Waals surface area contributed by atoms with Crippen LogP contribution < -0.4 is 10.8 Å². The summed E-state index contributed by atoms with van der Waals surface area (Å²) in [4.78, 5) is 35.0. The number of nitrogens with one attached hydrogen (secondary N) is 2. The van der Waals surface area contributed by atoms with Gasteiger partial charge in [-0.15, -0.1) is 0 Å². The van der Waals surface area contributed by atoms with E-state index in [1.54, 1.807) is 5.48 Å². The van der Waals surface area contributed by atoms with Crippen LogP contribution in [0.1, 0.15) is 28.9 Å². The number of benzene rings is 2. The lowest BCUT2D eigenvalue weighted by atomic mass is 10.0. The van der Waals surface area contributed by atoms with Crippen molar-refractivity contribution in [2.24, 2.45) is 5.92 Å². The van der Waals surface area contributed by atoms with Crippen LogP contribution in [0, 0.1) is 5.92 Å². The minimum atomic E-state index is -0.774. The summed E-state index contributed by atoms with van der Waals surface area (Å²) in [6.07, 6.45) is 1.68. The molecule has 9 nitrogen and oxygen atoms in total. The van der Waals surface area contributed by atoms with E-state index in [0.29, 0.717) is 5.69 Å². The first-order valence-electron chi connectivity index (χ1n) is 11.7. The van der Waals surface area contributed by atoms with E-state index in [1.165, 1.54) is 11.6 Å². The molecular formula is C26H27N5O4. The van der Waals surface area contributed by atoms with Gasteiger partial charge in [-0.25, -0.2) is 15.4 Å². The van der Waals surface area contributed by atoms with Crippen molar-refractivity contribution in [2.45, 2.75) is 19.4 Å². The lowest BCUT2D eigenvalue weighted by Crippen LogP contribution is -2.35. The SMILES string of the molecule is O=C(NO)c1cc(-c2ccc(-c3ccc(CN4CCOCC4)cc3)cc2)nc(NC(=O)C2CC2)n1. The van der Waals surface area contributed by atoms with Crippen molar-refractivity contribution < 1.29 is 19.5 Å². The zero-order chi connectivity index (χ0) is 24.2. The minimum absolute atomic E-state index is 0.0306. The average Bonchev–Trinajstić information content (AvgIpc) is 3.75. The predicted molar refractivity (Wildman–Crippen MR) is 130 cm³/mol. The van der Waals surface area contributed by atoms with Gasteiger partial charge in [0.05, 0.1) is 18.9 Å². The Hall–Kier alpha value is -3.66. The van der Waals surface area contributed by atoms with Crippen molar-refractivity contribution in [1.82, 2.24) is 20.3 Å². The number of morpholine rings is 1. The number of carbonyl (C=O) groups is 2. The number of amides is 2. The number of aromatic nitrogens is 2. The first kappa shape index (κ1) is 23.1. The van der Waals surface area contributed by atoms with Crippen LogP contribution in [0.15, 0.2) is 54.6 Å².